The molecular weight excluding hydrogens is 318 g/mol. The second-order valence-corrected chi connectivity index (χ2v) is 8.92. The highest BCUT2D eigenvalue weighted by atomic mass is 16.6. The Labute approximate surface area is 152 Å². The van der Waals surface area contributed by atoms with Crippen molar-refractivity contribution in [2.45, 2.75) is 91.9 Å². The van der Waals surface area contributed by atoms with Crippen LogP contribution in [0.5, 0.6) is 0 Å². The molecule has 1 rings (SSSR count). The van der Waals surface area contributed by atoms with Gasteiger partial charge in [-0.3, -0.25) is 0 Å². The molecule has 1 aliphatic carbocycles. The van der Waals surface area contributed by atoms with E-state index in [1.165, 1.54) is 0 Å². The summed E-state index contributed by atoms with van der Waals surface area (Å²) in [6.07, 6.45) is 7.80. The summed E-state index contributed by atoms with van der Waals surface area (Å²) in [5.41, 5.74) is -1.06. The topological polar surface area (TPSA) is 64.6 Å². The number of hydrogen-bond acceptors (Lipinski definition) is 4. The van der Waals surface area contributed by atoms with Gasteiger partial charge < -0.3 is 14.8 Å². The SMILES string of the molecule is C/C=C/CCC[C@@H]1CC1OC(=O)N[C@H](C(=O)OC(C)(C)C)C(C)(C)C. The molecule has 5 heteroatoms. The summed E-state index contributed by atoms with van der Waals surface area (Å²) < 4.78 is 10.9. The standard InChI is InChI=1S/C20H35NO4/c1-8-9-10-11-12-14-13-15(14)24-18(23)21-16(19(2,3)4)17(22)25-20(5,6)7/h8-9,14-16H,10-13H2,1-7H3,(H,21,23)/b9-8+/t14-,15?,16-/m1/s1. The highest BCUT2D eigenvalue weighted by Gasteiger charge is 2.42. The minimum absolute atomic E-state index is 0.0233. The van der Waals surface area contributed by atoms with Crippen molar-refractivity contribution in [3.8, 4) is 0 Å². The number of ether oxygens (including phenoxy) is 2. The van der Waals surface area contributed by atoms with Crippen LogP contribution >= 0.6 is 0 Å². The predicted molar refractivity (Wildman–Crippen MR) is 99.3 cm³/mol. The van der Waals surface area contributed by atoms with E-state index in [1.54, 1.807) is 0 Å². The van der Waals surface area contributed by atoms with E-state index >= 15 is 0 Å². The van der Waals surface area contributed by atoms with Gasteiger partial charge in [0, 0.05) is 0 Å². The Balaban J connectivity index is 2.48. The summed E-state index contributed by atoms with van der Waals surface area (Å²) >= 11 is 0. The zero-order chi connectivity index (χ0) is 19.3. The van der Waals surface area contributed by atoms with Gasteiger partial charge >= 0.3 is 12.1 Å². The molecule has 1 amide bonds. The summed E-state index contributed by atoms with van der Waals surface area (Å²) in [5, 5.41) is 2.70. The first-order valence-electron chi connectivity index (χ1n) is 9.25. The first-order chi connectivity index (χ1) is 11.4. The van der Waals surface area contributed by atoms with Crippen molar-refractivity contribution in [1.29, 1.82) is 0 Å². The van der Waals surface area contributed by atoms with Crippen molar-refractivity contribution in [3.05, 3.63) is 12.2 Å². The first-order valence-corrected chi connectivity index (χ1v) is 9.25. The Morgan fingerprint density at radius 2 is 1.84 bits per heavy atom. The quantitative estimate of drug-likeness (QED) is 0.412. The highest BCUT2D eigenvalue weighted by molar-refractivity contribution is 5.82. The molecule has 3 atom stereocenters. The molecule has 0 aliphatic heterocycles. The molecule has 1 N–H and O–H groups in total. The molecule has 1 aliphatic rings. The average Bonchev–Trinajstić information content (AvgIpc) is 3.15. The molecular formula is C20H35NO4. The number of unbranched alkanes of at least 4 members (excludes halogenated alkanes) is 1. The molecule has 1 saturated carbocycles. The van der Waals surface area contributed by atoms with Gasteiger partial charge in [-0.25, -0.2) is 9.59 Å². The van der Waals surface area contributed by atoms with Gasteiger partial charge in [-0.2, -0.15) is 0 Å². The third kappa shape index (κ3) is 8.41. The number of carbonyl (C=O) groups excluding carboxylic acids is 2. The lowest BCUT2D eigenvalue weighted by Crippen LogP contribution is -2.51. The van der Waals surface area contributed by atoms with Crippen LogP contribution < -0.4 is 5.32 Å². The van der Waals surface area contributed by atoms with Crippen LogP contribution in [0.4, 0.5) is 4.79 Å². The number of carbonyl (C=O) groups is 2. The van der Waals surface area contributed by atoms with E-state index in [9.17, 15) is 9.59 Å². The monoisotopic (exact) mass is 353 g/mol. The average molecular weight is 354 g/mol. The maximum Gasteiger partial charge on any atom is 0.408 e. The summed E-state index contributed by atoms with van der Waals surface area (Å²) in [6.45, 7) is 13.1. The van der Waals surface area contributed by atoms with E-state index in [0.29, 0.717) is 5.92 Å². The first kappa shape index (κ1) is 21.5. The normalized spacial score (nSPS) is 21.7. The van der Waals surface area contributed by atoms with Crippen LogP contribution in [0.25, 0.3) is 0 Å². The third-order valence-corrected chi connectivity index (χ3v) is 4.07. The minimum Gasteiger partial charge on any atom is -0.458 e. The Morgan fingerprint density at radius 3 is 2.36 bits per heavy atom. The lowest BCUT2D eigenvalue weighted by Gasteiger charge is -2.32. The van der Waals surface area contributed by atoms with Crippen LogP contribution in [0.2, 0.25) is 0 Å². The van der Waals surface area contributed by atoms with E-state index in [2.05, 4.69) is 17.5 Å². The number of alkyl carbamates (subject to hydrolysis) is 1. The van der Waals surface area contributed by atoms with Crippen molar-refractivity contribution >= 4 is 12.1 Å². The number of amides is 1. The molecule has 1 fully saturated rings. The number of rotatable bonds is 7. The second kappa shape index (κ2) is 8.72. The van der Waals surface area contributed by atoms with Gasteiger partial charge in [-0.15, -0.1) is 0 Å². The van der Waals surface area contributed by atoms with E-state index < -0.39 is 29.1 Å². The van der Waals surface area contributed by atoms with Crippen molar-refractivity contribution in [3.63, 3.8) is 0 Å². The molecule has 0 aromatic heterocycles. The van der Waals surface area contributed by atoms with Crippen LogP contribution in [0, 0.1) is 11.3 Å². The number of esters is 1. The smallest absolute Gasteiger partial charge is 0.408 e. The summed E-state index contributed by atoms with van der Waals surface area (Å²) in [5.74, 6) is 0.0151. The minimum atomic E-state index is -0.744. The molecule has 0 heterocycles. The van der Waals surface area contributed by atoms with Gasteiger partial charge in [0.25, 0.3) is 0 Å². The van der Waals surface area contributed by atoms with Gasteiger partial charge in [-0.1, -0.05) is 32.9 Å². The molecule has 0 saturated heterocycles. The fourth-order valence-corrected chi connectivity index (χ4v) is 2.61. The van der Waals surface area contributed by atoms with Gasteiger partial charge in [0.2, 0.25) is 0 Å². The Kier molecular flexibility index (Phi) is 7.51. The summed E-state index contributed by atoms with van der Waals surface area (Å²) in [7, 11) is 0. The van der Waals surface area contributed by atoms with E-state index in [0.717, 1.165) is 25.7 Å². The van der Waals surface area contributed by atoms with Crippen LogP contribution in [0.15, 0.2) is 12.2 Å². The molecule has 0 aromatic rings. The molecule has 25 heavy (non-hydrogen) atoms. The van der Waals surface area contributed by atoms with E-state index in [-0.39, 0.29) is 6.10 Å². The van der Waals surface area contributed by atoms with Crippen LogP contribution in [-0.4, -0.2) is 29.8 Å². The van der Waals surface area contributed by atoms with Crippen LogP contribution in [-0.2, 0) is 14.3 Å². The van der Waals surface area contributed by atoms with Crippen molar-refractivity contribution in [1.82, 2.24) is 5.32 Å². The van der Waals surface area contributed by atoms with E-state index in [1.807, 2.05) is 48.5 Å². The van der Waals surface area contributed by atoms with Crippen molar-refractivity contribution in [2.24, 2.45) is 11.3 Å². The van der Waals surface area contributed by atoms with Gasteiger partial charge in [0.1, 0.15) is 17.7 Å². The summed E-state index contributed by atoms with van der Waals surface area (Å²) in [4.78, 5) is 24.6. The fraction of sp³-hybridized carbons (Fsp3) is 0.800. The maximum atomic E-state index is 12.4. The lowest BCUT2D eigenvalue weighted by atomic mass is 9.86. The largest absolute Gasteiger partial charge is 0.458 e. The number of nitrogens with one attached hydrogen (secondary N) is 1. The van der Waals surface area contributed by atoms with Crippen molar-refractivity contribution in [2.75, 3.05) is 0 Å². The lowest BCUT2D eigenvalue weighted by molar-refractivity contribution is -0.160. The van der Waals surface area contributed by atoms with Crippen molar-refractivity contribution < 1.29 is 19.1 Å². The molecule has 0 bridgehead atoms. The maximum absolute atomic E-state index is 12.4. The van der Waals surface area contributed by atoms with Gasteiger partial charge in [0.05, 0.1) is 0 Å². The molecule has 1 unspecified atom stereocenters. The van der Waals surface area contributed by atoms with E-state index in [4.69, 9.17) is 9.47 Å². The zero-order valence-electron chi connectivity index (χ0n) is 16.8. The Bertz CT molecular complexity index is 485. The van der Waals surface area contributed by atoms with Crippen LogP contribution in [0.3, 0.4) is 0 Å². The molecule has 5 nitrogen and oxygen atoms in total. The fourth-order valence-electron chi connectivity index (χ4n) is 2.61. The molecule has 0 aromatic carbocycles. The second-order valence-electron chi connectivity index (χ2n) is 8.92. The van der Waals surface area contributed by atoms with Crippen LogP contribution in [0.1, 0.15) is 74.1 Å². The zero-order valence-corrected chi connectivity index (χ0v) is 16.8. The van der Waals surface area contributed by atoms with Gasteiger partial charge in [0.15, 0.2) is 0 Å². The Hall–Kier alpha value is -1.52. The third-order valence-electron chi connectivity index (χ3n) is 4.07. The number of hydrogen-bond donors (Lipinski definition) is 1. The Morgan fingerprint density at radius 1 is 1.20 bits per heavy atom. The van der Waals surface area contributed by atoms with Gasteiger partial charge in [-0.05, 0) is 64.7 Å². The predicted octanol–water partition coefficient (Wildman–Crippen LogP) is 4.60. The number of allylic oxidation sites excluding steroid dienone is 2. The molecule has 0 spiro atoms. The molecule has 144 valence electrons. The highest BCUT2D eigenvalue weighted by Crippen LogP contribution is 2.38. The molecule has 0 radical (unpaired) electrons. The summed E-state index contributed by atoms with van der Waals surface area (Å²) in [6, 6.07) is -0.744.